The average molecular weight is 490 g/mol. The van der Waals surface area contributed by atoms with Gasteiger partial charge in [0.1, 0.15) is 5.75 Å². The van der Waals surface area contributed by atoms with Crippen molar-refractivity contribution in [2.45, 2.75) is 6.54 Å². The number of nitrogen functional groups attached to an aromatic ring is 1. The summed E-state index contributed by atoms with van der Waals surface area (Å²) in [6.07, 6.45) is 1.41. The van der Waals surface area contributed by atoms with E-state index in [0.717, 1.165) is 5.69 Å². The van der Waals surface area contributed by atoms with E-state index >= 15 is 0 Å². The zero-order chi connectivity index (χ0) is 25.5. The number of carbonyl (C=O) groups is 2. The molecule has 2 amide bonds. The monoisotopic (exact) mass is 490 g/mol. The number of anilines is 2. The standard InChI is InChI=1S/C22H22N10O4/c1-31(15-7-3-2-4-8-15)12-17-19(26-30-32(17)21-20(24)28-36-29-21)22(34)27-25-11-14-6-5-9-16(10-14)35-13-18(23)33/h2-11H,12-13H2,1H3,(H2,23,33)(H2,24,28)(H,27,34). The summed E-state index contributed by atoms with van der Waals surface area (Å²) < 4.78 is 11.2. The Morgan fingerprint density at radius 2 is 2.00 bits per heavy atom. The van der Waals surface area contributed by atoms with Crippen molar-refractivity contribution in [1.29, 1.82) is 0 Å². The summed E-state index contributed by atoms with van der Waals surface area (Å²) in [5.74, 6) is -0.672. The van der Waals surface area contributed by atoms with E-state index < -0.39 is 11.8 Å². The van der Waals surface area contributed by atoms with Gasteiger partial charge in [0, 0.05) is 12.7 Å². The Morgan fingerprint density at radius 1 is 1.19 bits per heavy atom. The minimum atomic E-state index is -0.606. The lowest BCUT2D eigenvalue weighted by Gasteiger charge is -2.19. The number of amides is 2. The molecule has 36 heavy (non-hydrogen) atoms. The highest BCUT2D eigenvalue weighted by Gasteiger charge is 2.25. The number of hydrazone groups is 1. The van der Waals surface area contributed by atoms with Crippen LogP contribution in [0.1, 0.15) is 21.7 Å². The summed E-state index contributed by atoms with van der Waals surface area (Å²) in [7, 11) is 1.85. The first-order valence-corrected chi connectivity index (χ1v) is 10.6. The van der Waals surface area contributed by atoms with E-state index in [0.29, 0.717) is 17.0 Å². The van der Waals surface area contributed by atoms with Crippen LogP contribution < -0.4 is 26.5 Å². The van der Waals surface area contributed by atoms with Crippen LogP contribution in [0.5, 0.6) is 5.75 Å². The summed E-state index contributed by atoms with van der Waals surface area (Å²) in [6.45, 7) is -0.0201. The maximum Gasteiger partial charge on any atom is 0.293 e. The van der Waals surface area contributed by atoms with E-state index in [1.165, 1.54) is 10.9 Å². The van der Waals surface area contributed by atoms with Gasteiger partial charge in [-0.3, -0.25) is 9.59 Å². The van der Waals surface area contributed by atoms with Crippen molar-refractivity contribution in [3.63, 3.8) is 0 Å². The summed E-state index contributed by atoms with van der Waals surface area (Å²) in [5.41, 5.74) is 15.3. The Bertz CT molecular complexity index is 1380. The Balaban J connectivity index is 1.54. The highest BCUT2D eigenvalue weighted by atomic mass is 16.6. The quantitative estimate of drug-likeness (QED) is 0.208. The third-order valence-corrected chi connectivity index (χ3v) is 4.88. The number of nitrogens with two attached hydrogens (primary N) is 2. The van der Waals surface area contributed by atoms with Crippen molar-refractivity contribution in [2.24, 2.45) is 10.8 Å². The number of benzene rings is 2. The molecule has 4 rings (SSSR count). The topological polar surface area (TPSA) is 193 Å². The molecule has 184 valence electrons. The fraction of sp³-hybridized carbons (Fsp3) is 0.136. The maximum absolute atomic E-state index is 13.0. The molecule has 0 saturated heterocycles. The van der Waals surface area contributed by atoms with Gasteiger partial charge < -0.3 is 21.1 Å². The summed E-state index contributed by atoms with van der Waals surface area (Å²) >= 11 is 0. The van der Waals surface area contributed by atoms with E-state index in [-0.39, 0.29) is 30.5 Å². The second kappa shape index (κ2) is 10.8. The van der Waals surface area contributed by atoms with Gasteiger partial charge in [-0.2, -0.15) is 9.78 Å². The SMILES string of the molecule is CN(Cc1c(C(=O)NN=Cc2cccc(OCC(N)=O)c2)nnn1-c1nonc1N)c1ccccc1. The lowest BCUT2D eigenvalue weighted by Crippen LogP contribution is -2.24. The molecule has 0 unspecified atom stereocenters. The van der Waals surface area contributed by atoms with Gasteiger partial charge in [0.2, 0.25) is 11.6 Å². The second-order valence-corrected chi connectivity index (χ2v) is 7.49. The molecule has 14 heteroatoms. The van der Waals surface area contributed by atoms with Crippen LogP contribution in [0.4, 0.5) is 11.5 Å². The van der Waals surface area contributed by atoms with Crippen LogP contribution in [0.2, 0.25) is 0 Å². The zero-order valence-electron chi connectivity index (χ0n) is 19.1. The molecule has 0 fully saturated rings. The molecular weight excluding hydrogens is 468 g/mol. The number of nitrogens with zero attached hydrogens (tertiary/aromatic N) is 7. The van der Waals surface area contributed by atoms with E-state index in [9.17, 15) is 9.59 Å². The van der Waals surface area contributed by atoms with Gasteiger partial charge >= 0.3 is 0 Å². The minimum absolute atomic E-state index is 0.00747. The molecule has 0 spiro atoms. The van der Waals surface area contributed by atoms with Crippen molar-refractivity contribution in [1.82, 2.24) is 30.7 Å². The number of rotatable bonds is 10. The summed E-state index contributed by atoms with van der Waals surface area (Å²) in [6, 6.07) is 16.3. The van der Waals surface area contributed by atoms with Crippen LogP contribution in [-0.4, -0.2) is 57.0 Å². The number of nitrogens with one attached hydrogen (secondary N) is 1. The van der Waals surface area contributed by atoms with Gasteiger partial charge in [-0.1, -0.05) is 35.5 Å². The van der Waals surface area contributed by atoms with Crippen molar-refractivity contribution >= 4 is 29.5 Å². The molecule has 2 aromatic carbocycles. The molecule has 0 aliphatic heterocycles. The number of aromatic nitrogens is 5. The highest BCUT2D eigenvalue weighted by Crippen LogP contribution is 2.20. The highest BCUT2D eigenvalue weighted by molar-refractivity contribution is 5.94. The average Bonchev–Trinajstić information content (AvgIpc) is 3.49. The molecule has 14 nitrogen and oxygen atoms in total. The molecular formula is C22H22N10O4. The predicted molar refractivity (Wildman–Crippen MR) is 128 cm³/mol. The predicted octanol–water partition coefficient (Wildman–Crippen LogP) is 0.497. The van der Waals surface area contributed by atoms with Crippen LogP contribution in [0.3, 0.4) is 0 Å². The number of carbonyl (C=O) groups excluding carboxylic acids is 2. The fourth-order valence-corrected chi connectivity index (χ4v) is 3.18. The van der Waals surface area contributed by atoms with Gasteiger partial charge in [-0.15, -0.1) is 5.10 Å². The number of primary amides is 1. The third kappa shape index (κ3) is 5.61. The first-order valence-electron chi connectivity index (χ1n) is 10.6. The third-order valence-electron chi connectivity index (χ3n) is 4.88. The van der Waals surface area contributed by atoms with E-state index in [1.807, 2.05) is 42.3 Å². The van der Waals surface area contributed by atoms with Crippen LogP contribution >= 0.6 is 0 Å². The number of hydrogen-bond donors (Lipinski definition) is 3. The van der Waals surface area contributed by atoms with Crippen LogP contribution in [0, 0.1) is 0 Å². The first-order chi connectivity index (χ1) is 17.4. The first kappa shape index (κ1) is 23.9. The van der Waals surface area contributed by atoms with E-state index in [1.54, 1.807) is 24.3 Å². The van der Waals surface area contributed by atoms with Gasteiger partial charge in [-0.05, 0) is 40.1 Å². The Labute approximate surface area is 204 Å². The van der Waals surface area contributed by atoms with Gasteiger partial charge in [0.25, 0.3) is 11.8 Å². The van der Waals surface area contributed by atoms with Crippen molar-refractivity contribution < 1.29 is 19.0 Å². The van der Waals surface area contributed by atoms with Crippen molar-refractivity contribution in [3.8, 4) is 11.6 Å². The summed E-state index contributed by atoms with van der Waals surface area (Å²) in [4.78, 5) is 25.8. The summed E-state index contributed by atoms with van der Waals surface area (Å²) in [5, 5.41) is 19.4. The van der Waals surface area contributed by atoms with Crippen molar-refractivity contribution in [2.75, 3.05) is 24.3 Å². The van der Waals surface area contributed by atoms with Crippen molar-refractivity contribution in [3.05, 3.63) is 71.5 Å². The Kier molecular flexibility index (Phi) is 7.14. The van der Waals surface area contributed by atoms with Crippen LogP contribution in [-0.2, 0) is 11.3 Å². The fourth-order valence-electron chi connectivity index (χ4n) is 3.18. The molecule has 0 atom stereocenters. The number of ether oxygens (including phenoxy) is 1. The van der Waals surface area contributed by atoms with Crippen LogP contribution in [0.25, 0.3) is 5.82 Å². The number of hydrogen-bond acceptors (Lipinski definition) is 11. The normalized spacial score (nSPS) is 10.9. The van der Waals surface area contributed by atoms with Gasteiger partial charge in [0.05, 0.1) is 18.5 Å². The minimum Gasteiger partial charge on any atom is -0.484 e. The van der Waals surface area contributed by atoms with E-state index in [4.69, 9.17) is 16.2 Å². The molecule has 4 aromatic rings. The number of para-hydroxylation sites is 1. The molecule has 2 aromatic heterocycles. The Hall–Kier alpha value is -5.27. The molecule has 0 radical (unpaired) electrons. The molecule has 0 aliphatic rings. The lowest BCUT2D eigenvalue weighted by atomic mass is 10.2. The lowest BCUT2D eigenvalue weighted by molar-refractivity contribution is -0.119. The molecule has 0 bridgehead atoms. The maximum atomic E-state index is 13.0. The smallest absolute Gasteiger partial charge is 0.293 e. The molecule has 0 saturated carbocycles. The largest absolute Gasteiger partial charge is 0.484 e. The second-order valence-electron chi connectivity index (χ2n) is 7.49. The van der Waals surface area contributed by atoms with Gasteiger partial charge in [0.15, 0.2) is 12.3 Å². The molecule has 0 aliphatic carbocycles. The van der Waals surface area contributed by atoms with Crippen LogP contribution in [0.15, 0.2) is 64.3 Å². The zero-order valence-corrected chi connectivity index (χ0v) is 19.1. The van der Waals surface area contributed by atoms with Gasteiger partial charge in [-0.25, -0.2) is 10.1 Å². The molecule has 2 heterocycles. The van der Waals surface area contributed by atoms with E-state index in [2.05, 4.69) is 35.8 Å². The molecule has 5 N–H and O–H groups in total. The Morgan fingerprint density at radius 3 is 2.72 bits per heavy atom.